The molecular formula is C13H22O2. The minimum Gasteiger partial charge on any atom is -0.350 e. The number of hydrogen-bond acceptors (Lipinski definition) is 2. The van der Waals surface area contributed by atoms with Gasteiger partial charge < -0.3 is 9.47 Å². The van der Waals surface area contributed by atoms with Crippen molar-refractivity contribution in [2.24, 2.45) is 23.2 Å². The van der Waals surface area contributed by atoms with Crippen LogP contribution in [0.25, 0.3) is 0 Å². The Balaban J connectivity index is 1.76. The summed E-state index contributed by atoms with van der Waals surface area (Å²) in [5, 5.41) is 0. The summed E-state index contributed by atoms with van der Waals surface area (Å²) >= 11 is 0. The lowest BCUT2D eigenvalue weighted by atomic mass is 9.44. The fraction of sp³-hybridized carbons (Fsp3) is 1.00. The molecule has 86 valence electrons. The average molecular weight is 210 g/mol. The van der Waals surface area contributed by atoms with E-state index in [9.17, 15) is 0 Å². The quantitative estimate of drug-likeness (QED) is 0.662. The van der Waals surface area contributed by atoms with Crippen molar-refractivity contribution in [1.29, 1.82) is 0 Å². The van der Waals surface area contributed by atoms with Crippen LogP contribution in [0.4, 0.5) is 0 Å². The standard InChI is InChI=1S/C13H22O2/c1-13(2)10-6-4-3-5-9(10)11(13)12-14-7-8-15-12/h9-12H,3-8H2,1-2H3/t9-,10+,11-/m0/s1. The first-order chi connectivity index (χ1) is 7.21. The van der Waals surface area contributed by atoms with Gasteiger partial charge in [0.15, 0.2) is 6.29 Å². The third kappa shape index (κ3) is 1.38. The van der Waals surface area contributed by atoms with E-state index in [0.717, 1.165) is 25.0 Å². The van der Waals surface area contributed by atoms with Crippen molar-refractivity contribution in [3.63, 3.8) is 0 Å². The van der Waals surface area contributed by atoms with E-state index in [4.69, 9.17) is 9.47 Å². The summed E-state index contributed by atoms with van der Waals surface area (Å²) < 4.78 is 11.4. The zero-order valence-corrected chi connectivity index (χ0v) is 9.87. The summed E-state index contributed by atoms with van der Waals surface area (Å²) in [4.78, 5) is 0. The molecule has 0 unspecified atom stereocenters. The molecule has 3 rings (SSSR count). The van der Waals surface area contributed by atoms with Gasteiger partial charge >= 0.3 is 0 Å². The van der Waals surface area contributed by atoms with Crippen LogP contribution in [-0.2, 0) is 9.47 Å². The largest absolute Gasteiger partial charge is 0.350 e. The molecule has 2 saturated carbocycles. The van der Waals surface area contributed by atoms with Crippen LogP contribution in [0.3, 0.4) is 0 Å². The Labute approximate surface area is 92.3 Å². The normalized spacial score (nSPS) is 44.8. The zero-order chi connectivity index (χ0) is 10.5. The van der Waals surface area contributed by atoms with E-state index >= 15 is 0 Å². The van der Waals surface area contributed by atoms with Crippen molar-refractivity contribution < 1.29 is 9.47 Å². The van der Waals surface area contributed by atoms with Gasteiger partial charge in [-0.25, -0.2) is 0 Å². The van der Waals surface area contributed by atoms with Crippen LogP contribution < -0.4 is 0 Å². The SMILES string of the molecule is CC1(C)[C@@H]2CCCC[C@@H]2[C@H]1C1OCCO1. The van der Waals surface area contributed by atoms with Crippen molar-refractivity contribution >= 4 is 0 Å². The van der Waals surface area contributed by atoms with Gasteiger partial charge in [0.05, 0.1) is 13.2 Å². The van der Waals surface area contributed by atoms with E-state index < -0.39 is 0 Å². The summed E-state index contributed by atoms with van der Waals surface area (Å²) in [6, 6.07) is 0. The van der Waals surface area contributed by atoms with Crippen LogP contribution in [0.1, 0.15) is 39.5 Å². The maximum Gasteiger partial charge on any atom is 0.161 e. The third-order valence-electron chi connectivity index (χ3n) is 5.04. The molecule has 15 heavy (non-hydrogen) atoms. The fourth-order valence-electron chi connectivity index (χ4n) is 4.33. The summed E-state index contributed by atoms with van der Waals surface area (Å²) in [7, 11) is 0. The Bertz CT molecular complexity index is 243. The lowest BCUT2D eigenvalue weighted by Gasteiger charge is -2.62. The lowest BCUT2D eigenvalue weighted by molar-refractivity contribution is -0.229. The van der Waals surface area contributed by atoms with Gasteiger partial charge in [0.2, 0.25) is 0 Å². The van der Waals surface area contributed by atoms with Crippen molar-refractivity contribution in [2.45, 2.75) is 45.8 Å². The van der Waals surface area contributed by atoms with Crippen LogP contribution in [0.15, 0.2) is 0 Å². The van der Waals surface area contributed by atoms with Crippen LogP contribution >= 0.6 is 0 Å². The van der Waals surface area contributed by atoms with E-state index in [1.165, 1.54) is 25.7 Å². The van der Waals surface area contributed by atoms with Gasteiger partial charge in [0.25, 0.3) is 0 Å². The predicted octanol–water partition coefficient (Wildman–Crippen LogP) is 2.82. The summed E-state index contributed by atoms with van der Waals surface area (Å²) in [5.74, 6) is 2.48. The minimum atomic E-state index is 0.111. The fourth-order valence-corrected chi connectivity index (χ4v) is 4.33. The molecule has 0 aromatic carbocycles. The Morgan fingerprint density at radius 3 is 2.40 bits per heavy atom. The number of fused-ring (bicyclic) bond motifs is 1. The Morgan fingerprint density at radius 2 is 1.67 bits per heavy atom. The number of rotatable bonds is 1. The Hall–Kier alpha value is -0.0800. The average Bonchev–Trinajstić information content (AvgIpc) is 2.71. The van der Waals surface area contributed by atoms with Crippen molar-refractivity contribution in [1.82, 2.24) is 0 Å². The van der Waals surface area contributed by atoms with Gasteiger partial charge in [-0.05, 0) is 30.1 Å². The first kappa shape index (κ1) is 10.1. The summed E-state index contributed by atoms with van der Waals surface area (Å²) in [6.45, 7) is 6.42. The van der Waals surface area contributed by atoms with E-state index in [1.54, 1.807) is 0 Å². The maximum atomic E-state index is 5.72. The molecule has 0 aromatic heterocycles. The smallest absolute Gasteiger partial charge is 0.161 e. The van der Waals surface area contributed by atoms with Crippen molar-refractivity contribution in [3.05, 3.63) is 0 Å². The summed E-state index contributed by atoms with van der Waals surface area (Å²) in [6.07, 6.45) is 5.80. The number of ether oxygens (including phenoxy) is 2. The molecule has 3 atom stereocenters. The molecule has 2 nitrogen and oxygen atoms in total. The van der Waals surface area contributed by atoms with Gasteiger partial charge in [0, 0.05) is 5.92 Å². The monoisotopic (exact) mass is 210 g/mol. The minimum absolute atomic E-state index is 0.111. The van der Waals surface area contributed by atoms with Crippen LogP contribution in [0, 0.1) is 23.2 Å². The van der Waals surface area contributed by atoms with Crippen molar-refractivity contribution in [3.8, 4) is 0 Å². The first-order valence-corrected chi connectivity index (χ1v) is 6.44. The second kappa shape index (κ2) is 3.46. The molecule has 2 heteroatoms. The highest BCUT2D eigenvalue weighted by molar-refractivity contribution is 5.05. The second-order valence-corrected chi connectivity index (χ2v) is 6.01. The molecule has 2 aliphatic carbocycles. The molecule has 0 radical (unpaired) electrons. The molecular weight excluding hydrogens is 188 g/mol. The van der Waals surface area contributed by atoms with Crippen molar-refractivity contribution in [2.75, 3.05) is 13.2 Å². The lowest BCUT2D eigenvalue weighted by Crippen LogP contribution is -2.59. The van der Waals surface area contributed by atoms with E-state index in [-0.39, 0.29) is 6.29 Å². The van der Waals surface area contributed by atoms with Gasteiger partial charge in [-0.1, -0.05) is 26.7 Å². The highest BCUT2D eigenvalue weighted by Crippen LogP contribution is 2.63. The van der Waals surface area contributed by atoms with Crippen LogP contribution in [0.5, 0.6) is 0 Å². The summed E-state index contributed by atoms with van der Waals surface area (Å²) in [5.41, 5.74) is 0.445. The zero-order valence-electron chi connectivity index (χ0n) is 9.87. The molecule has 1 saturated heterocycles. The molecule has 0 spiro atoms. The molecule has 1 heterocycles. The number of hydrogen-bond donors (Lipinski definition) is 0. The molecule has 0 N–H and O–H groups in total. The van der Waals surface area contributed by atoms with Gasteiger partial charge in [0.1, 0.15) is 0 Å². The molecule has 3 aliphatic rings. The van der Waals surface area contributed by atoms with Gasteiger partial charge in [-0.2, -0.15) is 0 Å². The van der Waals surface area contributed by atoms with Gasteiger partial charge in [-0.15, -0.1) is 0 Å². The highest BCUT2D eigenvalue weighted by Gasteiger charge is 2.59. The molecule has 1 aliphatic heterocycles. The maximum absolute atomic E-state index is 5.72. The third-order valence-corrected chi connectivity index (χ3v) is 5.04. The van der Waals surface area contributed by atoms with Crippen LogP contribution in [0.2, 0.25) is 0 Å². The Kier molecular flexibility index (Phi) is 2.33. The first-order valence-electron chi connectivity index (χ1n) is 6.44. The predicted molar refractivity (Wildman–Crippen MR) is 58.4 cm³/mol. The van der Waals surface area contributed by atoms with Crippen LogP contribution in [-0.4, -0.2) is 19.5 Å². The van der Waals surface area contributed by atoms with Gasteiger partial charge in [-0.3, -0.25) is 0 Å². The molecule has 0 amide bonds. The van der Waals surface area contributed by atoms with E-state index in [2.05, 4.69) is 13.8 Å². The highest BCUT2D eigenvalue weighted by atomic mass is 16.7. The molecule has 0 aromatic rings. The molecule has 3 fully saturated rings. The van der Waals surface area contributed by atoms with E-state index in [1.807, 2.05) is 0 Å². The van der Waals surface area contributed by atoms with E-state index in [0.29, 0.717) is 11.3 Å². The topological polar surface area (TPSA) is 18.5 Å². The molecule has 0 bridgehead atoms. The second-order valence-electron chi connectivity index (χ2n) is 6.01. The Morgan fingerprint density at radius 1 is 1.00 bits per heavy atom.